The molecule has 0 bridgehead atoms. The van der Waals surface area contributed by atoms with E-state index >= 15 is 0 Å². The van der Waals surface area contributed by atoms with E-state index in [1.54, 1.807) is 0 Å². The highest BCUT2D eigenvalue weighted by Gasteiger charge is 2.17. The number of hydrogen-bond acceptors (Lipinski definition) is 5. The van der Waals surface area contributed by atoms with Gasteiger partial charge in [0.05, 0.1) is 6.61 Å². The van der Waals surface area contributed by atoms with Crippen molar-refractivity contribution in [1.29, 1.82) is 0 Å². The summed E-state index contributed by atoms with van der Waals surface area (Å²) in [4.78, 5) is 24.5. The fourth-order valence-corrected chi connectivity index (χ4v) is 3.41. The smallest absolute Gasteiger partial charge is 0.302 e. The number of aliphatic hydroxyl groups excluding tert-OH is 2. The average Bonchev–Trinajstić information content (AvgIpc) is 2.69. The summed E-state index contributed by atoms with van der Waals surface area (Å²) in [5.74, 6) is -0.528. The highest BCUT2D eigenvalue weighted by Crippen LogP contribution is 2.13. The van der Waals surface area contributed by atoms with E-state index in [0.29, 0.717) is 6.42 Å². The van der Waals surface area contributed by atoms with E-state index in [-0.39, 0.29) is 32.2 Å². The van der Waals surface area contributed by atoms with Gasteiger partial charge in [-0.15, -0.1) is 0 Å². The van der Waals surface area contributed by atoms with Crippen molar-refractivity contribution in [3.63, 3.8) is 0 Å². The Bertz CT molecular complexity index is 403. The molecule has 29 heavy (non-hydrogen) atoms. The Labute approximate surface area is 178 Å². The summed E-state index contributed by atoms with van der Waals surface area (Å²) in [5.41, 5.74) is 0. The van der Waals surface area contributed by atoms with Gasteiger partial charge >= 0.3 is 5.97 Å². The van der Waals surface area contributed by atoms with Gasteiger partial charge in [0.15, 0.2) is 0 Å². The molecule has 0 aliphatic heterocycles. The first-order chi connectivity index (χ1) is 14.0. The average molecular weight is 416 g/mol. The molecule has 0 fully saturated rings. The quantitative estimate of drug-likeness (QED) is 0.230. The molecule has 0 saturated heterocycles. The van der Waals surface area contributed by atoms with E-state index in [0.717, 1.165) is 19.3 Å². The number of esters is 1. The van der Waals surface area contributed by atoms with Crippen LogP contribution in [0.25, 0.3) is 0 Å². The number of amides is 1. The predicted molar refractivity (Wildman–Crippen MR) is 117 cm³/mol. The largest absolute Gasteiger partial charge is 0.463 e. The maximum atomic E-state index is 12.3. The van der Waals surface area contributed by atoms with Gasteiger partial charge in [-0.05, 0) is 6.42 Å². The van der Waals surface area contributed by atoms with Crippen LogP contribution in [-0.4, -0.2) is 59.4 Å². The van der Waals surface area contributed by atoms with Gasteiger partial charge in [0.25, 0.3) is 0 Å². The van der Waals surface area contributed by atoms with Crippen LogP contribution >= 0.6 is 0 Å². The first-order valence-electron chi connectivity index (χ1n) is 11.7. The molecule has 0 spiro atoms. The summed E-state index contributed by atoms with van der Waals surface area (Å²) in [6.07, 6.45) is 15.9. The van der Waals surface area contributed by atoms with Crippen LogP contribution in [-0.2, 0) is 14.3 Å². The molecule has 0 rings (SSSR count). The van der Waals surface area contributed by atoms with Crippen LogP contribution in [0.4, 0.5) is 0 Å². The highest BCUT2D eigenvalue weighted by molar-refractivity contribution is 5.76. The monoisotopic (exact) mass is 415 g/mol. The van der Waals surface area contributed by atoms with Crippen molar-refractivity contribution in [2.45, 2.75) is 110 Å². The van der Waals surface area contributed by atoms with Gasteiger partial charge in [0.2, 0.25) is 5.91 Å². The minimum Gasteiger partial charge on any atom is -0.463 e. The second kappa shape index (κ2) is 20.1. The van der Waals surface area contributed by atoms with Gasteiger partial charge in [-0.1, -0.05) is 84.0 Å². The van der Waals surface area contributed by atoms with Crippen LogP contribution in [0.1, 0.15) is 104 Å². The topological polar surface area (TPSA) is 87.1 Å². The molecule has 6 heteroatoms. The molecule has 0 aliphatic rings. The Hall–Kier alpha value is -1.14. The minimum atomic E-state index is -0.930. The van der Waals surface area contributed by atoms with E-state index < -0.39 is 12.1 Å². The summed E-state index contributed by atoms with van der Waals surface area (Å²) in [6.45, 7) is 3.51. The lowest BCUT2D eigenvalue weighted by molar-refractivity contribution is -0.145. The number of ether oxygens (including phenoxy) is 1. The van der Waals surface area contributed by atoms with Crippen molar-refractivity contribution in [3.05, 3.63) is 0 Å². The zero-order valence-corrected chi connectivity index (χ0v) is 18.9. The lowest BCUT2D eigenvalue weighted by Gasteiger charge is -2.24. The zero-order chi connectivity index (χ0) is 21.7. The van der Waals surface area contributed by atoms with Crippen LogP contribution < -0.4 is 0 Å². The van der Waals surface area contributed by atoms with Crippen molar-refractivity contribution in [2.24, 2.45) is 0 Å². The van der Waals surface area contributed by atoms with Crippen LogP contribution in [0.3, 0.4) is 0 Å². The summed E-state index contributed by atoms with van der Waals surface area (Å²) >= 11 is 0. The molecule has 1 atom stereocenters. The molecular formula is C23H45NO5. The number of carbonyl (C=O) groups is 2. The standard InChI is InChI=1S/C23H45NO5/c1-3-4-5-6-7-8-9-10-11-12-13-14-15-16-23(28)24(17-18-25)19-22(27)20-29-21(2)26/h22,25,27H,3-20H2,1-2H3. The van der Waals surface area contributed by atoms with Crippen LogP contribution in [0.15, 0.2) is 0 Å². The lowest BCUT2D eigenvalue weighted by atomic mass is 10.0. The molecule has 2 N–H and O–H groups in total. The Morgan fingerprint density at radius 3 is 1.79 bits per heavy atom. The van der Waals surface area contributed by atoms with Crippen molar-refractivity contribution in [1.82, 2.24) is 4.90 Å². The molecule has 6 nitrogen and oxygen atoms in total. The fourth-order valence-electron chi connectivity index (χ4n) is 3.41. The van der Waals surface area contributed by atoms with Crippen molar-refractivity contribution >= 4 is 11.9 Å². The van der Waals surface area contributed by atoms with E-state index in [1.807, 2.05) is 0 Å². The first-order valence-corrected chi connectivity index (χ1v) is 11.7. The molecule has 1 amide bonds. The molecular weight excluding hydrogens is 370 g/mol. The fraction of sp³-hybridized carbons (Fsp3) is 0.913. The van der Waals surface area contributed by atoms with E-state index in [2.05, 4.69) is 6.92 Å². The molecule has 0 saturated carbocycles. The highest BCUT2D eigenvalue weighted by atomic mass is 16.5. The van der Waals surface area contributed by atoms with Crippen molar-refractivity contribution in [2.75, 3.05) is 26.3 Å². The van der Waals surface area contributed by atoms with Gasteiger partial charge in [0, 0.05) is 26.4 Å². The van der Waals surface area contributed by atoms with E-state index in [9.17, 15) is 14.7 Å². The molecule has 0 aromatic heterocycles. The molecule has 172 valence electrons. The Morgan fingerprint density at radius 2 is 1.34 bits per heavy atom. The number of carbonyl (C=O) groups excluding carboxylic acids is 2. The van der Waals surface area contributed by atoms with E-state index in [1.165, 1.54) is 76.0 Å². The summed E-state index contributed by atoms with van der Waals surface area (Å²) in [6, 6.07) is 0. The predicted octanol–water partition coefficient (Wildman–Crippen LogP) is 4.21. The zero-order valence-electron chi connectivity index (χ0n) is 18.9. The van der Waals surface area contributed by atoms with Crippen LogP contribution in [0.2, 0.25) is 0 Å². The van der Waals surface area contributed by atoms with Gasteiger partial charge in [-0.3, -0.25) is 9.59 Å². The number of hydrogen-bond donors (Lipinski definition) is 2. The molecule has 0 radical (unpaired) electrons. The maximum Gasteiger partial charge on any atom is 0.302 e. The number of nitrogens with zero attached hydrogens (tertiary/aromatic N) is 1. The lowest BCUT2D eigenvalue weighted by Crippen LogP contribution is -2.41. The Kier molecular flexibility index (Phi) is 19.4. The number of aliphatic hydroxyl groups is 2. The van der Waals surface area contributed by atoms with Crippen molar-refractivity contribution < 1.29 is 24.5 Å². The summed E-state index contributed by atoms with van der Waals surface area (Å²) in [7, 11) is 0. The second-order valence-electron chi connectivity index (χ2n) is 8.01. The molecule has 0 heterocycles. The second-order valence-corrected chi connectivity index (χ2v) is 8.01. The van der Waals surface area contributed by atoms with Gasteiger partial charge in [-0.25, -0.2) is 0 Å². The first kappa shape index (κ1) is 27.9. The summed E-state index contributed by atoms with van der Waals surface area (Å²) in [5, 5.41) is 19.0. The molecule has 0 aliphatic carbocycles. The SMILES string of the molecule is CCCCCCCCCCCCCCCC(=O)N(CCO)CC(O)COC(C)=O. The van der Waals surface area contributed by atoms with Crippen LogP contribution in [0.5, 0.6) is 0 Å². The molecule has 0 aromatic carbocycles. The summed E-state index contributed by atoms with van der Waals surface area (Å²) < 4.78 is 4.76. The van der Waals surface area contributed by atoms with Crippen LogP contribution in [0, 0.1) is 0 Å². The number of unbranched alkanes of at least 4 members (excludes halogenated alkanes) is 12. The third-order valence-corrected chi connectivity index (χ3v) is 5.13. The van der Waals surface area contributed by atoms with Crippen molar-refractivity contribution in [3.8, 4) is 0 Å². The van der Waals surface area contributed by atoms with Gasteiger partial charge in [0.1, 0.15) is 12.7 Å². The van der Waals surface area contributed by atoms with E-state index in [4.69, 9.17) is 9.84 Å². The molecule has 0 aromatic rings. The normalized spacial score (nSPS) is 12.0. The maximum absolute atomic E-state index is 12.3. The Balaban J connectivity index is 3.69. The third kappa shape index (κ3) is 18.6. The minimum absolute atomic E-state index is 0.0657. The Morgan fingerprint density at radius 1 is 0.862 bits per heavy atom. The third-order valence-electron chi connectivity index (χ3n) is 5.13. The van der Waals surface area contributed by atoms with Gasteiger partial charge in [-0.2, -0.15) is 0 Å². The number of rotatable bonds is 20. The molecule has 1 unspecified atom stereocenters. The van der Waals surface area contributed by atoms with Gasteiger partial charge < -0.3 is 19.8 Å².